The van der Waals surface area contributed by atoms with Crippen molar-refractivity contribution >= 4 is 0 Å². The van der Waals surface area contributed by atoms with Crippen LogP contribution in [-0.2, 0) is 0 Å². The van der Waals surface area contributed by atoms with Gasteiger partial charge in [0.15, 0.2) is 0 Å². The van der Waals surface area contributed by atoms with Gasteiger partial charge in [-0.3, -0.25) is 0 Å². The smallest absolute Gasteiger partial charge is 0.00788 e. The van der Waals surface area contributed by atoms with Gasteiger partial charge in [0.2, 0.25) is 0 Å². The zero-order valence-corrected chi connectivity index (χ0v) is 8.46. The minimum atomic E-state index is 0.563. The van der Waals surface area contributed by atoms with Gasteiger partial charge in [0.05, 0.1) is 0 Å². The molecule has 0 nitrogen and oxygen atoms in total. The highest BCUT2D eigenvalue weighted by molar-refractivity contribution is 5.06. The Labute approximate surface area is 76.7 Å². The summed E-state index contributed by atoms with van der Waals surface area (Å²) in [6.07, 6.45) is 15.3. The lowest BCUT2D eigenvalue weighted by Gasteiger charge is -1.95. The van der Waals surface area contributed by atoms with Gasteiger partial charge in [-0.05, 0) is 19.3 Å². The summed E-state index contributed by atoms with van der Waals surface area (Å²) >= 11 is 0. The molecule has 0 aromatic heterocycles. The maximum absolute atomic E-state index is 2.25. The Morgan fingerprint density at radius 2 is 1.92 bits per heavy atom. The molecule has 0 aliphatic carbocycles. The third-order valence-electron chi connectivity index (χ3n) is 1.61. The Bertz CT molecular complexity index is 161. The van der Waals surface area contributed by atoms with Crippen molar-refractivity contribution in [3.63, 3.8) is 0 Å². The molecule has 0 aromatic carbocycles. The third kappa shape index (κ3) is 7.33. The van der Waals surface area contributed by atoms with Crippen LogP contribution >= 0.6 is 0 Å². The molecule has 0 heteroatoms. The average molecular weight is 164 g/mol. The molecule has 0 saturated heterocycles. The minimum Gasteiger partial charge on any atom is -0.0880 e. The van der Waals surface area contributed by atoms with Crippen LogP contribution in [0, 0.1) is 5.92 Å². The molecular weight excluding hydrogens is 144 g/mol. The highest BCUT2D eigenvalue weighted by atomic mass is 13.9. The van der Waals surface area contributed by atoms with Gasteiger partial charge in [0.1, 0.15) is 0 Å². The molecule has 68 valence electrons. The van der Waals surface area contributed by atoms with Crippen molar-refractivity contribution in [2.45, 2.75) is 33.6 Å². The molecule has 0 heterocycles. The van der Waals surface area contributed by atoms with E-state index >= 15 is 0 Å². The van der Waals surface area contributed by atoms with E-state index in [1.165, 1.54) is 12.8 Å². The zero-order chi connectivity index (χ0) is 9.23. The van der Waals surface area contributed by atoms with E-state index in [4.69, 9.17) is 0 Å². The SMILES string of the molecule is C/C=C\C=C/C(C)/C=C/CCC. The van der Waals surface area contributed by atoms with E-state index < -0.39 is 0 Å². The van der Waals surface area contributed by atoms with E-state index in [9.17, 15) is 0 Å². The van der Waals surface area contributed by atoms with Gasteiger partial charge in [-0.25, -0.2) is 0 Å². The maximum atomic E-state index is 2.25. The van der Waals surface area contributed by atoms with Crippen LogP contribution in [0.15, 0.2) is 36.5 Å². The van der Waals surface area contributed by atoms with Crippen molar-refractivity contribution in [3.05, 3.63) is 36.5 Å². The first kappa shape index (κ1) is 11.2. The van der Waals surface area contributed by atoms with Crippen LogP contribution in [0.25, 0.3) is 0 Å². The van der Waals surface area contributed by atoms with Gasteiger partial charge in [-0.15, -0.1) is 0 Å². The number of hydrogen-bond acceptors (Lipinski definition) is 0. The summed E-state index contributed by atoms with van der Waals surface area (Å²) in [5.74, 6) is 0.563. The highest BCUT2D eigenvalue weighted by Crippen LogP contribution is 2.01. The topological polar surface area (TPSA) is 0 Å². The van der Waals surface area contributed by atoms with Crippen molar-refractivity contribution in [3.8, 4) is 0 Å². The Balaban J connectivity index is 3.64. The van der Waals surface area contributed by atoms with Crippen LogP contribution in [-0.4, -0.2) is 0 Å². The Morgan fingerprint density at radius 1 is 1.17 bits per heavy atom. The summed E-state index contributed by atoms with van der Waals surface area (Å²) in [7, 11) is 0. The highest BCUT2D eigenvalue weighted by Gasteiger charge is 1.86. The lowest BCUT2D eigenvalue weighted by Crippen LogP contribution is -1.80. The minimum absolute atomic E-state index is 0.563. The molecule has 0 saturated carbocycles. The quantitative estimate of drug-likeness (QED) is 0.423. The summed E-state index contributed by atoms with van der Waals surface area (Å²) in [5.41, 5.74) is 0. The normalized spacial score (nSPS) is 15.2. The van der Waals surface area contributed by atoms with Crippen molar-refractivity contribution in [2.24, 2.45) is 5.92 Å². The predicted molar refractivity (Wildman–Crippen MR) is 57.2 cm³/mol. The fraction of sp³-hybridized carbons (Fsp3) is 0.500. The summed E-state index contributed by atoms with van der Waals surface area (Å²) < 4.78 is 0. The Morgan fingerprint density at radius 3 is 2.50 bits per heavy atom. The molecule has 0 rings (SSSR count). The molecule has 0 aliphatic heterocycles. The molecular formula is C12H20. The molecule has 0 N–H and O–H groups in total. The average Bonchev–Trinajstić information content (AvgIpc) is 2.06. The molecule has 1 unspecified atom stereocenters. The first-order chi connectivity index (χ1) is 5.81. The molecule has 12 heavy (non-hydrogen) atoms. The van der Waals surface area contributed by atoms with Gasteiger partial charge < -0.3 is 0 Å². The lowest BCUT2D eigenvalue weighted by molar-refractivity contribution is 0.902. The second kappa shape index (κ2) is 8.32. The first-order valence-corrected chi connectivity index (χ1v) is 4.77. The van der Waals surface area contributed by atoms with Crippen LogP contribution in [0.5, 0.6) is 0 Å². The molecule has 0 bridgehead atoms. The van der Waals surface area contributed by atoms with Crippen molar-refractivity contribution < 1.29 is 0 Å². The molecule has 0 amide bonds. The summed E-state index contributed by atoms with van der Waals surface area (Å²) in [6, 6.07) is 0. The monoisotopic (exact) mass is 164 g/mol. The van der Waals surface area contributed by atoms with E-state index in [1.54, 1.807) is 0 Å². The standard InChI is InChI=1S/C12H20/c1-4-6-8-10-12(3)11-9-7-5-2/h4,6,8-12H,5,7H2,1-3H3/b6-4-,10-8-,11-9+. The van der Waals surface area contributed by atoms with Gasteiger partial charge in [0.25, 0.3) is 0 Å². The maximum Gasteiger partial charge on any atom is -0.00788 e. The summed E-state index contributed by atoms with van der Waals surface area (Å²) in [5, 5.41) is 0. The Hall–Kier alpha value is -0.780. The number of rotatable bonds is 5. The number of hydrogen-bond donors (Lipinski definition) is 0. The second-order valence-corrected chi connectivity index (χ2v) is 2.99. The second-order valence-electron chi connectivity index (χ2n) is 2.99. The number of unbranched alkanes of at least 4 members (excludes halogenated alkanes) is 1. The molecule has 0 radical (unpaired) electrons. The summed E-state index contributed by atoms with van der Waals surface area (Å²) in [6.45, 7) is 6.43. The van der Waals surface area contributed by atoms with Crippen molar-refractivity contribution in [1.29, 1.82) is 0 Å². The lowest BCUT2D eigenvalue weighted by atomic mass is 10.1. The van der Waals surface area contributed by atoms with Crippen molar-refractivity contribution in [2.75, 3.05) is 0 Å². The zero-order valence-electron chi connectivity index (χ0n) is 8.46. The third-order valence-corrected chi connectivity index (χ3v) is 1.61. The molecule has 0 fully saturated rings. The van der Waals surface area contributed by atoms with Crippen LogP contribution in [0.3, 0.4) is 0 Å². The van der Waals surface area contributed by atoms with Gasteiger partial charge >= 0.3 is 0 Å². The van der Waals surface area contributed by atoms with E-state index in [0.717, 1.165) is 0 Å². The van der Waals surface area contributed by atoms with Crippen LogP contribution in [0.2, 0.25) is 0 Å². The van der Waals surface area contributed by atoms with Crippen molar-refractivity contribution in [1.82, 2.24) is 0 Å². The van der Waals surface area contributed by atoms with Crippen LogP contribution in [0.4, 0.5) is 0 Å². The fourth-order valence-electron chi connectivity index (χ4n) is 0.892. The van der Waals surface area contributed by atoms with E-state index in [2.05, 4.69) is 44.2 Å². The molecule has 0 aromatic rings. The Kier molecular flexibility index (Phi) is 7.78. The van der Waals surface area contributed by atoms with Gasteiger partial charge in [0, 0.05) is 0 Å². The van der Waals surface area contributed by atoms with E-state index in [-0.39, 0.29) is 0 Å². The van der Waals surface area contributed by atoms with Gasteiger partial charge in [-0.2, -0.15) is 0 Å². The molecule has 0 spiro atoms. The van der Waals surface area contributed by atoms with Gasteiger partial charge in [-0.1, -0.05) is 56.7 Å². The first-order valence-electron chi connectivity index (χ1n) is 4.77. The fourth-order valence-corrected chi connectivity index (χ4v) is 0.892. The number of allylic oxidation sites excluding steroid dienone is 6. The van der Waals surface area contributed by atoms with E-state index in [0.29, 0.717) is 5.92 Å². The predicted octanol–water partition coefficient (Wildman–Crippen LogP) is 4.11. The van der Waals surface area contributed by atoms with Crippen LogP contribution in [0.1, 0.15) is 33.6 Å². The summed E-state index contributed by atoms with van der Waals surface area (Å²) in [4.78, 5) is 0. The van der Waals surface area contributed by atoms with Crippen LogP contribution < -0.4 is 0 Å². The molecule has 0 aliphatic rings. The largest absolute Gasteiger partial charge is 0.0880 e. The molecule has 1 atom stereocenters. The van der Waals surface area contributed by atoms with E-state index in [1.807, 2.05) is 13.0 Å².